The van der Waals surface area contributed by atoms with Crippen molar-refractivity contribution < 1.29 is 4.79 Å². The molecule has 4 heteroatoms. The van der Waals surface area contributed by atoms with Crippen LogP contribution in [0.25, 0.3) is 0 Å². The molecular weight excluding hydrogens is 296 g/mol. The molecule has 0 aliphatic heterocycles. The van der Waals surface area contributed by atoms with Gasteiger partial charge in [0.1, 0.15) is 6.04 Å². The van der Waals surface area contributed by atoms with Gasteiger partial charge < -0.3 is 10.6 Å². The van der Waals surface area contributed by atoms with E-state index in [1.54, 1.807) is 12.1 Å². The first-order valence-corrected chi connectivity index (χ1v) is 7.94. The fraction of sp³-hybridized carbons (Fsp3) is 0.278. The van der Waals surface area contributed by atoms with Crippen molar-refractivity contribution in [2.45, 2.75) is 32.2 Å². The summed E-state index contributed by atoms with van der Waals surface area (Å²) in [6, 6.07) is 13.2. The topological polar surface area (TPSA) is 41.1 Å². The Kier molecular flexibility index (Phi) is 4.34. The molecule has 0 bridgehead atoms. The maximum Gasteiger partial charge on any atom is 0.246 e. The standard InChI is InChI=1S/C18H19ClN2O/c1-12(18(22)21-16-7-3-6-15(19)11-16)20-17-9-8-13-4-2-5-14(13)10-17/h3,6-12,20H,2,4-5H2,1H3,(H,21,22)/t12-/m1/s1. The van der Waals surface area contributed by atoms with Gasteiger partial charge in [-0.05, 0) is 67.6 Å². The molecule has 114 valence electrons. The number of anilines is 2. The van der Waals surface area contributed by atoms with E-state index < -0.39 is 0 Å². The number of aryl methyl sites for hydroxylation is 2. The predicted octanol–water partition coefficient (Wildman–Crippen LogP) is 4.27. The van der Waals surface area contributed by atoms with E-state index in [0.29, 0.717) is 10.7 Å². The molecule has 0 heterocycles. The van der Waals surface area contributed by atoms with Crippen molar-refractivity contribution in [3.8, 4) is 0 Å². The van der Waals surface area contributed by atoms with Crippen LogP contribution in [0.5, 0.6) is 0 Å². The van der Waals surface area contributed by atoms with Gasteiger partial charge in [-0.2, -0.15) is 0 Å². The number of rotatable bonds is 4. The van der Waals surface area contributed by atoms with E-state index in [2.05, 4.69) is 22.8 Å². The molecule has 0 spiro atoms. The van der Waals surface area contributed by atoms with Gasteiger partial charge in [-0.25, -0.2) is 0 Å². The molecule has 1 aliphatic carbocycles. The summed E-state index contributed by atoms with van der Waals surface area (Å²) in [4.78, 5) is 12.2. The smallest absolute Gasteiger partial charge is 0.246 e. The molecule has 3 nitrogen and oxygen atoms in total. The maximum absolute atomic E-state index is 12.2. The zero-order valence-electron chi connectivity index (χ0n) is 12.5. The lowest BCUT2D eigenvalue weighted by atomic mass is 10.1. The van der Waals surface area contributed by atoms with Crippen LogP contribution in [0.2, 0.25) is 5.02 Å². The number of carbonyl (C=O) groups is 1. The number of halogens is 1. The molecule has 0 fully saturated rings. The second-order valence-corrected chi connectivity index (χ2v) is 6.14. The van der Waals surface area contributed by atoms with Crippen molar-refractivity contribution in [3.05, 3.63) is 58.6 Å². The molecule has 22 heavy (non-hydrogen) atoms. The molecule has 0 saturated carbocycles. The highest BCUT2D eigenvalue weighted by Crippen LogP contribution is 2.25. The van der Waals surface area contributed by atoms with E-state index in [4.69, 9.17) is 11.6 Å². The first-order chi connectivity index (χ1) is 10.6. The van der Waals surface area contributed by atoms with Gasteiger partial charge in [0.15, 0.2) is 0 Å². The third kappa shape index (κ3) is 3.42. The van der Waals surface area contributed by atoms with Gasteiger partial charge in [-0.15, -0.1) is 0 Å². The van der Waals surface area contributed by atoms with Crippen LogP contribution in [0.3, 0.4) is 0 Å². The van der Waals surface area contributed by atoms with Gasteiger partial charge in [0.25, 0.3) is 0 Å². The molecule has 2 aromatic carbocycles. The number of carbonyl (C=O) groups excluding carboxylic acids is 1. The molecule has 2 N–H and O–H groups in total. The normalized spacial score (nSPS) is 14.3. The van der Waals surface area contributed by atoms with Crippen molar-refractivity contribution in [2.24, 2.45) is 0 Å². The summed E-state index contributed by atoms with van der Waals surface area (Å²) in [7, 11) is 0. The lowest BCUT2D eigenvalue weighted by Gasteiger charge is -2.16. The van der Waals surface area contributed by atoms with E-state index in [1.807, 2.05) is 25.1 Å². The molecule has 0 unspecified atom stereocenters. The van der Waals surface area contributed by atoms with E-state index >= 15 is 0 Å². The summed E-state index contributed by atoms with van der Waals surface area (Å²) in [5.74, 6) is -0.0808. The third-order valence-electron chi connectivity index (χ3n) is 3.97. The van der Waals surface area contributed by atoms with Crippen LogP contribution in [0.15, 0.2) is 42.5 Å². The zero-order chi connectivity index (χ0) is 15.5. The number of hydrogen-bond acceptors (Lipinski definition) is 2. The van der Waals surface area contributed by atoms with Gasteiger partial charge in [0.2, 0.25) is 5.91 Å². The molecule has 1 atom stereocenters. The van der Waals surface area contributed by atoms with Crippen LogP contribution >= 0.6 is 11.6 Å². The number of amides is 1. The van der Waals surface area contributed by atoms with Crippen molar-refractivity contribution in [1.82, 2.24) is 0 Å². The number of fused-ring (bicyclic) bond motifs is 1. The van der Waals surface area contributed by atoms with Crippen molar-refractivity contribution in [1.29, 1.82) is 0 Å². The van der Waals surface area contributed by atoms with Gasteiger partial charge >= 0.3 is 0 Å². The molecule has 0 radical (unpaired) electrons. The first kappa shape index (κ1) is 14.9. The fourth-order valence-corrected chi connectivity index (χ4v) is 2.98. The summed E-state index contributed by atoms with van der Waals surface area (Å²) >= 11 is 5.92. The highest BCUT2D eigenvalue weighted by molar-refractivity contribution is 6.30. The lowest BCUT2D eigenvalue weighted by Crippen LogP contribution is -2.31. The predicted molar refractivity (Wildman–Crippen MR) is 91.6 cm³/mol. The Morgan fingerprint density at radius 3 is 2.73 bits per heavy atom. The van der Waals surface area contributed by atoms with Crippen LogP contribution in [-0.4, -0.2) is 11.9 Å². The third-order valence-corrected chi connectivity index (χ3v) is 4.20. The minimum absolute atomic E-state index is 0.0808. The number of hydrogen-bond donors (Lipinski definition) is 2. The quantitative estimate of drug-likeness (QED) is 0.885. The van der Waals surface area contributed by atoms with Crippen LogP contribution in [-0.2, 0) is 17.6 Å². The van der Waals surface area contributed by atoms with Gasteiger partial charge in [-0.1, -0.05) is 23.7 Å². The summed E-state index contributed by atoms with van der Waals surface area (Å²) < 4.78 is 0. The average Bonchev–Trinajstić information content (AvgIpc) is 2.94. The molecular formula is C18H19ClN2O. The molecule has 1 amide bonds. The average molecular weight is 315 g/mol. The van der Waals surface area contributed by atoms with E-state index in [0.717, 1.165) is 12.1 Å². The number of nitrogens with one attached hydrogen (secondary N) is 2. The minimum atomic E-state index is -0.321. The highest BCUT2D eigenvalue weighted by Gasteiger charge is 2.15. The molecule has 1 aliphatic rings. The van der Waals surface area contributed by atoms with Crippen LogP contribution in [0, 0.1) is 0 Å². The molecule has 0 saturated heterocycles. The van der Waals surface area contributed by atoms with Crippen LogP contribution in [0.4, 0.5) is 11.4 Å². The van der Waals surface area contributed by atoms with Crippen molar-refractivity contribution in [2.75, 3.05) is 10.6 Å². The Bertz CT molecular complexity index is 699. The summed E-state index contributed by atoms with van der Waals surface area (Å²) in [5, 5.41) is 6.74. The van der Waals surface area contributed by atoms with Gasteiger partial charge in [0, 0.05) is 16.4 Å². The summed E-state index contributed by atoms with van der Waals surface area (Å²) in [5.41, 5.74) is 4.53. The second kappa shape index (κ2) is 6.41. The van der Waals surface area contributed by atoms with Crippen molar-refractivity contribution >= 4 is 28.9 Å². The fourth-order valence-electron chi connectivity index (χ4n) is 2.79. The van der Waals surface area contributed by atoms with Gasteiger partial charge in [0.05, 0.1) is 0 Å². The highest BCUT2D eigenvalue weighted by atomic mass is 35.5. The minimum Gasteiger partial charge on any atom is -0.374 e. The SMILES string of the molecule is C[C@@H](Nc1ccc2c(c1)CCC2)C(=O)Nc1cccc(Cl)c1. The van der Waals surface area contributed by atoms with E-state index in [1.165, 1.54) is 24.0 Å². The zero-order valence-corrected chi connectivity index (χ0v) is 13.3. The largest absolute Gasteiger partial charge is 0.374 e. The van der Waals surface area contributed by atoms with Crippen LogP contribution in [0.1, 0.15) is 24.5 Å². The molecule has 3 rings (SSSR count). The maximum atomic E-state index is 12.2. The Balaban J connectivity index is 1.63. The van der Waals surface area contributed by atoms with Crippen molar-refractivity contribution in [3.63, 3.8) is 0 Å². The van der Waals surface area contributed by atoms with E-state index in [9.17, 15) is 4.79 Å². The number of benzene rings is 2. The Labute approximate surface area is 135 Å². The summed E-state index contributed by atoms with van der Waals surface area (Å²) in [6.45, 7) is 1.85. The Hall–Kier alpha value is -2.00. The molecule has 2 aromatic rings. The van der Waals surface area contributed by atoms with Crippen LogP contribution < -0.4 is 10.6 Å². The monoisotopic (exact) mass is 314 g/mol. The molecule has 0 aromatic heterocycles. The summed E-state index contributed by atoms with van der Waals surface area (Å²) in [6.07, 6.45) is 3.53. The van der Waals surface area contributed by atoms with Gasteiger partial charge in [-0.3, -0.25) is 4.79 Å². The first-order valence-electron chi connectivity index (χ1n) is 7.56. The Morgan fingerprint density at radius 2 is 1.91 bits per heavy atom. The lowest BCUT2D eigenvalue weighted by molar-refractivity contribution is -0.116. The second-order valence-electron chi connectivity index (χ2n) is 5.70. The Morgan fingerprint density at radius 1 is 1.09 bits per heavy atom. The van der Waals surface area contributed by atoms with E-state index in [-0.39, 0.29) is 11.9 Å².